The summed E-state index contributed by atoms with van der Waals surface area (Å²) in [4.78, 5) is 18.9. The van der Waals surface area contributed by atoms with Crippen molar-refractivity contribution >= 4 is 11.6 Å². The number of ketones is 2. The van der Waals surface area contributed by atoms with Gasteiger partial charge in [-0.25, -0.2) is 0 Å². The van der Waals surface area contributed by atoms with E-state index in [1.807, 2.05) is 13.8 Å². The Bertz CT molecular complexity index is 147. The minimum Gasteiger partial charge on any atom is -0.354 e. The van der Waals surface area contributed by atoms with Gasteiger partial charge in [0.2, 0.25) is 0 Å². The van der Waals surface area contributed by atoms with Gasteiger partial charge in [-0.3, -0.25) is 0 Å². The van der Waals surface area contributed by atoms with Gasteiger partial charge in [0.05, 0.1) is 0 Å². The molecule has 0 radical (unpaired) electrons. The summed E-state index contributed by atoms with van der Waals surface area (Å²) in [5, 5.41) is 0. The Morgan fingerprint density at radius 2 is 0.933 bits per heavy atom. The molecular formula is C11H24O4. The van der Waals surface area contributed by atoms with Crippen LogP contribution in [-0.4, -0.2) is 31.6 Å². The van der Waals surface area contributed by atoms with E-state index in [1.54, 1.807) is 14.2 Å². The number of hydrogen-bond donors (Lipinski definition) is 0. The van der Waals surface area contributed by atoms with E-state index in [1.165, 1.54) is 27.7 Å². The number of methoxy groups -OCH3 is 2. The molecule has 4 nitrogen and oxygen atoms in total. The lowest BCUT2D eigenvalue weighted by Crippen LogP contribution is -2.24. The van der Waals surface area contributed by atoms with Gasteiger partial charge in [0.1, 0.15) is 11.6 Å². The summed E-state index contributed by atoms with van der Waals surface area (Å²) in [6, 6.07) is 0. The number of hydrogen-bond acceptors (Lipinski definition) is 4. The first-order chi connectivity index (χ1) is 6.59. The van der Waals surface area contributed by atoms with Gasteiger partial charge in [-0.15, -0.1) is 0 Å². The highest BCUT2D eigenvalue weighted by Gasteiger charge is 2.11. The standard InChI is InChI=1S/C5H12O2.2C3H6O/c1-5(2,6-3)7-4;2*1-3(2)4/h1-4H3;2*1-2H3. The van der Waals surface area contributed by atoms with Gasteiger partial charge in [0.15, 0.2) is 5.79 Å². The van der Waals surface area contributed by atoms with Crippen molar-refractivity contribution in [2.75, 3.05) is 14.2 Å². The molecule has 0 aromatic carbocycles. The lowest BCUT2D eigenvalue weighted by Gasteiger charge is -2.19. The molecule has 15 heavy (non-hydrogen) atoms. The molecule has 0 saturated carbocycles. The SMILES string of the molecule is CC(C)=O.CC(C)=O.COC(C)(C)OC. The zero-order valence-corrected chi connectivity index (χ0v) is 11.1. The summed E-state index contributed by atoms with van der Waals surface area (Å²) >= 11 is 0. The third kappa shape index (κ3) is 60.8. The van der Waals surface area contributed by atoms with Crippen molar-refractivity contribution in [1.29, 1.82) is 0 Å². The van der Waals surface area contributed by atoms with E-state index in [9.17, 15) is 9.59 Å². The summed E-state index contributed by atoms with van der Waals surface area (Å²) < 4.78 is 9.73. The van der Waals surface area contributed by atoms with Crippen LogP contribution in [0.15, 0.2) is 0 Å². The van der Waals surface area contributed by atoms with Crippen molar-refractivity contribution in [3.05, 3.63) is 0 Å². The van der Waals surface area contributed by atoms with Crippen LogP contribution in [0, 0.1) is 0 Å². The maximum Gasteiger partial charge on any atom is 0.161 e. The van der Waals surface area contributed by atoms with Crippen LogP contribution in [0.25, 0.3) is 0 Å². The third-order valence-corrected chi connectivity index (χ3v) is 0.983. The molecule has 0 spiro atoms. The summed E-state index contributed by atoms with van der Waals surface area (Å²) in [6.45, 7) is 9.82. The second-order valence-electron chi connectivity index (χ2n) is 3.62. The van der Waals surface area contributed by atoms with Crippen LogP contribution in [0.4, 0.5) is 0 Å². The molecule has 92 valence electrons. The van der Waals surface area contributed by atoms with Gasteiger partial charge in [-0.1, -0.05) is 0 Å². The second-order valence-corrected chi connectivity index (χ2v) is 3.62. The van der Waals surface area contributed by atoms with Crippen LogP contribution in [-0.2, 0) is 19.1 Å². The number of ether oxygens (including phenoxy) is 2. The van der Waals surface area contributed by atoms with Gasteiger partial charge in [-0.2, -0.15) is 0 Å². The largest absolute Gasteiger partial charge is 0.354 e. The highest BCUT2D eigenvalue weighted by atomic mass is 16.7. The number of rotatable bonds is 2. The first-order valence-corrected chi connectivity index (χ1v) is 4.63. The molecule has 0 heterocycles. The Hall–Kier alpha value is -0.740. The number of carbonyl (C=O) groups excluding carboxylic acids is 2. The minimum atomic E-state index is -0.417. The molecule has 0 fully saturated rings. The van der Waals surface area contributed by atoms with E-state index in [2.05, 4.69) is 0 Å². The zero-order chi connectivity index (χ0) is 13.1. The van der Waals surface area contributed by atoms with Crippen LogP contribution in [0.1, 0.15) is 41.5 Å². The molecule has 0 bridgehead atoms. The first kappa shape index (κ1) is 19.8. The topological polar surface area (TPSA) is 52.6 Å². The fraction of sp³-hybridized carbons (Fsp3) is 0.818. The lowest BCUT2D eigenvalue weighted by molar-refractivity contribution is -0.178. The van der Waals surface area contributed by atoms with Crippen LogP contribution in [0.3, 0.4) is 0 Å². The van der Waals surface area contributed by atoms with E-state index < -0.39 is 5.79 Å². The summed E-state index contributed by atoms with van der Waals surface area (Å²) in [6.07, 6.45) is 0. The summed E-state index contributed by atoms with van der Waals surface area (Å²) in [5.41, 5.74) is 0. The molecule has 0 N–H and O–H groups in total. The van der Waals surface area contributed by atoms with Crippen molar-refractivity contribution < 1.29 is 19.1 Å². The van der Waals surface area contributed by atoms with Crippen LogP contribution < -0.4 is 0 Å². The average molecular weight is 220 g/mol. The molecule has 0 atom stereocenters. The molecule has 0 amide bonds. The van der Waals surface area contributed by atoms with Gasteiger partial charge in [-0.05, 0) is 41.5 Å². The van der Waals surface area contributed by atoms with Crippen molar-refractivity contribution in [2.45, 2.75) is 47.3 Å². The number of Topliss-reactive ketones (excluding diaryl/α,β-unsaturated/α-hetero) is 2. The van der Waals surface area contributed by atoms with Gasteiger partial charge in [0.25, 0.3) is 0 Å². The fourth-order valence-electron chi connectivity index (χ4n) is 0.0833. The van der Waals surface area contributed by atoms with Crippen molar-refractivity contribution in [3.63, 3.8) is 0 Å². The Morgan fingerprint density at radius 1 is 0.800 bits per heavy atom. The van der Waals surface area contributed by atoms with E-state index >= 15 is 0 Å². The van der Waals surface area contributed by atoms with Gasteiger partial charge >= 0.3 is 0 Å². The van der Waals surface area contributed by atoms with Gasteiger partial charge < -0.3 is 19.1 Å². The normalized spacial score (nSPS) is 9.07. The maximum absolute atomic E-state index is 9.44. The molecule has 0 aromatic heterocycles. The van der Waals surface area contributed by atoms with Gasteiger partial charge in [0, 0.05) is 14.2 Å². The summed E-state index contributed by atoms with van der Waals surface area (Å²) in [7, 11) is 3.23. The quantitative estimate of drug-likeness (QED) is 0.669. The molecule has 0 saturated heterocycles. The van der Waals surface area contributed by atoms with Crippen molar-refractivity contribution in [1.82, 2.24) is 0 Å². The molecular weight excluding hydrogens is 196 g/mol. The van der Waals surface area contributed by atoms with Crippen molar-refractivity contribution in [2.24, 2.45) is 0 Å². The molecule has 0 aliphatic heterocycles. The third-order valence-electron chi connectivity index (χ3n) is 0.983. The molecule has 0 unspecified atom stereocenters. The molecule has 0 aromatic rings. The monoisotopic (exact) mass is 220 g/mol. The van der Waals surface area contributed by atoms with E-state index in [4.69, 9.17) is 9.47 Å². The Balaban J connectivity index is -0.000000155. The first-order valence-electron chi connectivity index (χ1n) is 4.63. The predicted molar refractivity (Wildman–Crippen MR) is 60.8 cm³/mol. The highest BCUT2D eigenvalue weighted by Crippen LogP contribution is 2.05. The second kappa shape index (κ2) is 11.3. The Kier molecular flexibility index (Phi) is 14.9. The molecule has 0 aliphatic rings. The predicted octanol–water partition coefficient (Wildman–Crippen LogP) is 2.21. The van der Waals surface area contributed by atoms with Crippen LogP contribution >= 0.6 is 0 Å². The highest BCUT2D eigenvalue weighted by molar-refractivity contribution is 5.72. The van der Waals surface area contributed by atoms with E-state index in [0.29, 0.717) is 0 Å². The molecule has 0 aliphatic carbocycles. The zero-order valence-electron chi connectivity index (χ0n) is 11.1. The van der Waals surface area contributed by atoms with Crippen molar-refractivity contribution in [3.8, 4) is 0 Å². The summed E-state index contributed by atoms with van der Waals surface area (Å²) in [5.74, 6) is -0.0833. The lowest BCUT2D eigenvalue weighted by atomic mass is 10.4. The van der Waals surface area contributed by atoms with E-state index in [0.717, 1.165) is 0 Å². The minimum absolute atomic E-state index is 0.167. The fourth-order valence-corrected chi connectivity index (χ4v) is 0.0833. The number of carbonyl (C=O) groups is 2. The smallest absolute Gasteiger partial charge is 0.161 e. The Morgan fingerprint density at radius 3 is 0.933 bits per heavy atom. The molecule has 0 rings (SSSR count). The van der Waals surface area contributed by atoms with Crippen LogP contribution in [0.5, 0.6) is 0 Å². The van der Waals surface area contributed by atoms with E-state index in [-0.39, 0.29) is 11.6 Å². The average Bonchev–Trinajstić information content (AvgIpc) is 2.02. The Labute approximate surface area is 93.0 Å². The maximum atomic E-state index is 9.44. The molecule has 4 heteroatoms. The van der Waals surface area contributed by atoms with Crippen LogP contribution in [0.2, 0.25) is 0 Å².